The number of ether oxygens (including phenoxy) is 1. The Kier molecular flexibility index (Phi) is 5.60. The van der Waals surface area contributed by atoms with Gasteiger partial charge in [-0.15, -0.1) is 0 Å². The summed E-state index contributed by atoms with van der Waals surface area (Å²) in [6, 6.07) is 4.90. The van der Waals surface area contributed by atoms with Crippen LogP contribution in [0.2, 0.25) is 0 Å². The zero-order valence-corrected chi connectivity index (χ0v) is 13.8. The van der Waals surface area contributed by atoms with E-state index in [1.165, 1.54) is 7.11 Å². The molecule has 0 spiro atoms. The summed E-state index contributed by atoms with van der Waals surface area (Å²) < 4.78 is 4.82. The zero-order chi connectivity index (χ0) is 17.0. The number of likely N-dealkylation sites (tertiary alicyclic amines) is 1. The van der Waals surface area contributed by atoms with Gasteiger partial charge in [-0.3, -0.25) is 0 Å². The maximum absolute atomic E-state index is 12.4. The monoisotopic (exact) mass is 320 g/mol. The van der Waals surface area contributed by atoms with Crippen LogP contribution < -0.4 is 5.32 Å². The summed E-state index contributed by atoms with van der Waals surface area (Å²) in [6.07, 6.45) is 1.66. The smallest absolute Gasteiger partial charge is 0.339 e. The molecule has 1 heterocycles. The summed E-state index contributed by atoms with van der Waals surface area (Å²) in [5.74, 6) is -0.219. The molecular weight excluding hydrogens is 296 g/mol. The average molecular weight is 320 g/mol. The van der Waals surface area contributed by atoms with Gasteiger partial charge in [0.1, 0.15) is 0 Å². The van der Waals surface area contributed by atoms with Gasteiger partial charge in [-0.25, -0.2) is 9.59 Å². The van der Waals surface area contributed by atoms with Crippen molar-refractivity contribution in [1.29, 1.82) is 0 Å². The summed E-state index contributed by atoms with van der Waals surface area (Å²) in [5.41, 5.74) is 1.76. The predicted molar refractivity (Wildman–Crippen MR) is 87.7 cm³/mol. The molecule has 6 heteroatoms. The molecule has 1 aliphatic heterocycles. The Hall–Kier alpha value is -2.08. The lowest BCUT2D eigenvalue weighted by Crippen LogP contribution is -2.40. The van der Waals surface area contributed by atoms with Crippen molar-refractivity contribution in [2.75, 3.05) is 25.6 Å². The second kappa shape index (κ2) is 7.46. The third kappa shape index (κ3) is 3.82. The first-order valence-corrected chi connectivity index (χ1v) is 7.88. The molecule has 0 aliphatic carbocycles. The third-order valence-corrected chi connectivity index (χ3v) is 4.21. The van der Waals surface area contributed by atoms with Crippen LogP contribution in [0.5, 0.6) is 0 Å². The van der Waals surface area contributed by atoms with E-state index in [-0.39, 0.29) is 24.6 Å². The van der Waals surface area contributed by atoms with Crippen LogP contribution in [-0.4, -0.2) is 48.3 Å². The highest BCUT2D eigenvalue weighted by molar-refractivity contribution is 6.01. The van der Waals surface area contributed by atoms with Crippen LogP contribution in [0.4, 0.5) is 10.5 Å². The molecule has 0 saturated carbocycles. The van der Waals surface area contributed by atoms with Gasteiger partial charge in [-0.2, -0.15) is 0 Å². The summed E-state index contributed by atoms with van der Waals surface area (Å²) in [5, 5.41) is 12.1. The Bertz CT molecular complexity index is 586. The van der Waals surface area contributed by atoms with Crippen molar-refractivity contribution in [2.45, 2.75) is 38.6 Å². The SMILES string of the molecule is COC(=O)c1cc(C(C)C)ccc1NC(=O)N1CCC[C@H]1CO. The molecular formula is C17H24N2O4. The third-order valence-electron chi connectivity index (χ3n) is 4.21. The van der Waals surface area contributed by atoms with Gasteiger partial charge in [0.05, 0.1) is 31.0 Å². The second-order valence-electron chi connectivity index (χ2n) is 6.05. The van der Waals surface area contributed by atoms with E-state index < -0.39 is 5.97 Å². The van der Waals surface area contributed by atoms with Crippen LogP contribution in [-0.2, 0) is 4.74 Å². The van der Waals surface area contributed by atoms with E-state index in [2.05, 4.69) is 5.32 Å². The number of nitrogens with zero attached hydrogens (tertiary/aromatic N) is 1. The molecule has 1 aliphatic rings. The van der Waals surface area contributed by atoms with Crippen molar-refractivity contribution in [3.05, 3.63) is 29.3 Å². The van der Waals surface area contributed by atoms with E-state index in [1.54, 1.807) is 17.0 Å². The number of methoxy groups -OCH3 is 1. The Morgan fingerprint density at radius 3 is 2.78 bits per heavy atom. The van der Waals surface area contributed by atoms with Gasteiger partial charge in [0.15, 0.2) is 0 Å². The number of esters is 1. The van der Waals surface area contributed by atoms with Crippen molar-refractivity contribution in [2.24, 2.45) is 0 Å². The molecule has 1 aromatic rings. The topological polar surface area (TPSA) is 78.9 Å². The van der Waals surface area contributed by atoms with Crippen molar-refractivity contribution in [3.8, 4) is 0 Å². The summed E-state index contributed by atoms with van der Waals surface area (Å²) in [4.78, 5) is 26.0. The summed E-state index contributed by atoms with van der Waals surface area (Å²) >= 11 is 0. The summed E-state index contributed by atoms with van der Waals surface area (Å²) in [6.45, 7) is 4.62. The molecule has 0 unspecified atom stereocenters. The standard InChI is InChI=1S/C17H24N2O4/c1-11(2)12-6-7-15(14(9-12)16(21)23-3)18-17(22)19-8-4-5-13(19)10-20/h6-7,9,11,13,20H,4-5,8,10H2,1-3H3,(H,18,22)/t13-/m0/s1. The molecule has 0 aromatic heterocycles. The van der Waals surface area contributed by atoms with E-state index >= 15 is 0 Å². The van der Waals surface area contributed by atoms with Crippen LogP contribution in [0.3, 0.4) is 0 Å². The molecule has 2 N–H and O–H groups in total. The number of aliphatic hydroxyl groups excluding tert-OH is 1. The van der Waals surface area contributed by atoms with Gasteiger partial charge >= 0.3 is 12.0 Å². The van der Waals surface area contributed by atoms with Crippen LogP contribution in [0, 0.1) is 0 Å². The van der Waals surface area contributed by atoms with Gasteiger partial charge in [0.2, 0.25) is 0 Å². The number of hydrogen-bond donors (Lipinski definition) is 2. The first-order valence-electron chi connectivity index (χ1n) is 7.88. The van der Waals surface area contributed by atoms with E-state index in [0.717, 1.165) is 18.4 Å². The average Bonchev–Trinajstić information content (AvgIpc) is 3.03. The largest absolute Gasteiger partial charge is 0.465 e. The van der Waals surface area contributed by atoms with Gasteiger partial charge in [0.25, 0.3) is 0 Å². The molecule has 2 rings (SSSR count). The van der Waals surface area contributed by atoms with E-state index in [9.17, 15) is 14.7 Å². The Morgan fingerprint density at radius 1 is 1.43 bits per heavy atom. The number of amides is 2. The number of benzene rings is 1. The van der Waals surface area contributed by atoms with Crippen LogP contribution in [0.1, 0.15) is 48.5 Å². The lowest BCUT2D eigenvalue weighted by atomic mass is 9.99. The van der Waals surface area contributed by atoms with Gasteiger partial charge in [-0.1, -0.05) is 19.9 Å². The van der Waals surface area contributed by atoms with Gasteiger partial charge < -0.3 is 20.1 Å². The number of hydrogen-bond acceptors (Lipinski definition) is 4. The van der Waals surface area contributed by atoms with E-state index in [4.69, 9.17) is 4.74 Å². The molecule has 0 bridgehead atoms. The minimum Gasteiger partial charge on any atom is -0.465 e. The second-order valence-corrected chi connectivity index (χ2v) is 6.05. The number of rotatable bonds is 4. The molecule has 0 radical (unpaired) electrons. The lowest BCUT2D eigenvalue weighted by molar-refractivity contribution is 0.0601. The highest BCUT2D eigenvalue weighted by Crippen LogP contribution is 2.25. The Labute approximate surface area is 136 Å². The molecule has 1 saturated heterocycles. The fourth-order valence-corrected chi connectivity index (χ4v) is 2.79. The first kappa shape index (κ1) is 17.3. The number of carbonyl (C=O) groups excluding carboxylic acids is 2. The van der Waals surface area contributed by atoms with Crippen LogP contribution >= 0.6 is 0 Å². The van der Waals surface area contributed by atoms with Crippen LogP contribution in [0.15, 0.2) is 18.2 Å². The normalized spacial score (nSPS) is 17.4. The van der Waals surface area contributed by atoms with Crippen LogP contribution in [0.25, 0.3) is 0 Å². The van der Waals surface area contributed by atoms with Crippen molar-refractivity contribution < 1.29 is 19.4 Å². The zero-order valence-electron chi connectivity index (χ0n) is 13.8. The van der Waals surface area contributed by atoms with E-state index in [1.807, 2.05) is 19.9 Å². The Morgan fingerprint density at radius 2 is 2.17 bits per heavy atom. The molecule has 126 valence electrons. The van der Waals surface area contributed by atoms with Crippen molar-refractivity contribution in [3.63, 3.8) is 0 Å². The quantitative estimate of drug-likeness (QED) is 0.836. The number of urea groups is 1. The highest BCUT2D eigenvalue weighted by atomic mass is 16.5. The molecule has 6 nitrogen and oxygen atoms in total. The molecule has 23 heavy (non-hydrogen) atoms. The molecule has 1 aromatic carbocycles. The number of anilines is 1. The highest BCUT2D eigenvalue weighted by Gasteiger charge is 2.28. The minimum atomic E-state index is -0.483. The number of carbonyl (C=O) groups is 2. The van der Waals surface area contributed by atoms with Crippen molar-refractivity contribution in [1.82, 2.24) is 4.90 Å². The minimum absolute atomic E-state index is 0.0520. The summed E-state index contributed by atoms with van der Waals surface area (Å²) in [7, 11) is 1.32. The fraction of sp³-hybridized carbons (Fsp3) is 0.529. The fourth-order valence-electron chi connectivity index (χ4n) is 2.79. The van der Waals surface area contributed by atoms with Crippen molar-refractivity contribution >= 4 is 17.7 Å². The predicted octanol–water partition coefficient (Wildman–Crippen LogP) is 2.59. The molecule has 1 atom stereocenters. The Balaban J connectivity index is 2.24. The number of nitrogens with one attached hydrogen (secondary N) is 1. The lowest BCUT2D eigenvalue weighted by Gasteiger charge is -2.24. The van der Waals surface area contributed by atoms with Gasteiger partial charge in [0, 0.05) is 6.54 Å². The maximum atomic E-state index is 12.4. The van der Waals surface area contributed by atoms with Gasteiger partial charge in [-0.05, 0) is 36.5 Å². The maximum Gasteiger partial charge on any atom is 0.339 e. The number of aliphatic hydroxyl groups is 1. The van der Waals surface area contributed by atoms with E-state index in [0.29, 0.717) is 17.8 Å². The molecule has 1 fully saturated rings. The first-order chi connectivity index (χ1) is 11.0. The molecule has 2 amide bonds.